The van der Waals surface area contributed by atoms with Gasteiger partial charge in [0.1, 0.15) is 0 Å². The number of rotatable bonds is 6. The molecule has 31 heavy (non-hydrogen) atoms. The molecule has 2 aliphatic carbocycles. The Morgan fingerprint density at radius 3 is 1.32 bits per heavy atom. The van der Waals surface area contributed by atoms with Crippen molar-refractivity contribution in [3.05, 3.63) is 0 Å². The summed E-state index contributed by atoms with van der Waals surface area (Å²) in [7, 11) is 0. The molecule has 8 heteroatoms. The third-order valence-corrected chi connectivity index (χ3v) is 9.83. The molecule has 0 aromatic heterocycles. The lowest BCUT2D eigenvalue weighted by molar-refractivity contribution is -0.168. The van der Waals surface area contributed by atoms with Crippen molar-refractivity contribution in [3.8, 4) is 0 Å². The van der Waals surface area contributed by atoms with Crippen molar-refractivity contribution in [1.82, 2.24) is 10.6 Å². The van der Waals surface area contributed by atoms with E-state index in [9.17, 15) is 19.2 Å². The van der Waals surface area contributed by atoms with E-state index in [1.165, 1.54) is 0 Å². The molecule has 2 saturated carbocycles. The monoisotopic (exact) mass is 434 g/mol. The van der Waals surface area contributed by atoms with Crippen LogP contribution >= 0.6 is 0 Å². The predicted octanol–water partition coefficient (Wildman–Crippen LogP) is 1.85. The van der Waals surface area contributed by atoms with Gasteiger partial charge < -0.3 is 20.1 Å². The fraction of sp³-hybridized carbons (Fsp3) is 0.826. The van der Waals surface area contributed by atoms with Crippen molar-refractivity contribution in [2.24, 2.45) is 21.7 Å². The molecule has 2 heterocycles. The Morgan fingerprint density at radius 1 is 0.710 bits per heavy atom. The summed E-state index contributed by atoms with van der Waals surface area (Å²) in [4.78, 5) is 50.6. The van der Waals surface area contributed by atoms with Crippen molar-refractivity contribution < 1.29 is 28.7 Å². The molecule has 4 atom stereocenters. The van der Waals surface area contributed by atoms with Crippen molar-refractivity contribution in [3.63, 3.8) is 0 Å². The summed E-state index contributed by atoms with van der Waals surface area (Å²) in [5, 5.41) is 5.78. The van der Waals surface area contributed by atoms with E-state index in [1.807, 2.05) is 41.5 Å². The molecule has 2 saturated heterocycles. The SMILES string of the molecule is CC1(C)[C@]2(C)CC[C@]1(C(=O)NCCCNC(=O)[C@@]13CC[C@](C)(C(=O)O1)C3(C)C)OC2=O. The average Bonchev–Trinajstić information content (AvgIpc) is 3.15. The molecule has 4 bridgehead atoms. The number of hydrogen-bond acceptors (Lipinski definition) is 6. The molecule has 0 spiro atoms. The molecule has 0 radical (unpaired) electrons. The van der Waals surface area contributed by atoms with Crippen molar-refractivity contribution >= 4 is 23.8 Å². The van der Waals surface area contributed by atoms with E-state index >= 15 is 0 Å². The van der Waals surface area contributed by atoms with Crippen LogP contribution in [-0.2, 0) is 28.7 Å². The maximum Gasteiger partial charge on any atom is 0.313 e. The van der Waals surface area contributed by atoms with Crippen LogP contribution in [0.25, 0.3) is 0 Å². The van der Waals surface area contributed by atoms with Crippen LogP contribution in [0, 0.1) is 21.7 Å². The van der Waals surface area contributed by atoms with Gasteiger partial charge in [-0.1, -0.05) is 27.7 Å². The summed E-state index contributed by atoms with van der Waals surface area (Å²) in [6.07, 6.45) is 2.83. The van der Waals surface area contributed by atoms with Gasteiger partial charge in [0.25, 0.3) is 11.8 Å². The number of fused-ring (bicyclic) bond motifs is 4. The molecule has 172 valence electrons. The van der Waals surface area contributed by atoms with Gasteiger partial charge >= 0.3 is 11.9 Å². The third kappa shape index (κ3) is 2.31. The first-order valence-electron chi connectivity index (χ1n) is 11.3. The quantitative estimate of drug-likeness (QED) is 0.488. The van der Waals surface area contributed by atoms with Gasteiger partial charge in [-0.05, 0) is 46.0 Å². The number of nitrogens with one attached hydrogen (secondary N) is 2. The lowest BCUT2D eigenvalue weighted by Gasteiger charge is -2.35. The van der Waals surface area contributed by atoms with Crippen LogP contribution in [0.2, 0.25) is 0 Å². The van der Waals surface area contributed by atoms with E-state index in [4.69, 9.17) is 9.47 Å². The van der Waals surface area contributed by atoms with E-state index in [2.05, 4.69) is 10.6 Å². The first-order valence-corrected chi connectivity index (χ1v) is 11.3. The second kappa shape index (κ2) is 6.23. The van der Waals surface area contributed by atoms with E-state index < -0.39 is 32.9 Å². The zero-order valence-electron chi connectivity index (χ0n) is 19.4. The van der Waals surface area contributed by atoms with Crippen LogP contribution in [0.4, 0.5) is 0 Å². The highest BCUT2D eigenvalue weighted by Crippen LogP contribution is 2.66. The number of esters is 2. The Balaban J connectivity index is 1.30. The van der Waals surface area contributed by atoms with Gasteiger partial charge in [0.15, 0.2) is 11.2 Å². The minimum absolute atomic E-state index is 0.269. The zero-order valence-corrected chi connectivity index (χ0v) is 19.4. The molecule has 0 unspecified atom stereocenters. The van der Waals surface area contributed by atoms with Gasteiger partial charge in [-0.25, -0.2) is 0 Å². The highest BCUT2D eigenvalue weighted by Gasteiger charge is 2.76. The Morgan fingerprint density at radius 2 is 1.06 bits per heavy atom. The fourth-order valence-corrected chi connectivity index (χ4v) is 6.27. The summed E-state index contributed by atoms with van der Waals surface area (Å²) in [5.74, 6) is -1.14. The minimum atomic E-state index is -1.13. The second-order valence-electron chi connectivity index (χ2n) is 11.2. The molecule has 4 aliphatic rings. The van der Waals surface area contributed by atoms with E-state index in [0.717, 1.165) is 0 Å². The number of amides is 2. The van der Waals surface area contributed by atoms with Crippen LogP contribution in [0.15, 0.2) is 0 Å². The molecular weight excluding hydrogens is 400 g/mol. The molecule has 4 rings (SSSR count). The Hall–Kier alpha value is -2.12. The summed E-state index contributed by atoms with van der Waals surface area (Å²) in [6.45, 7) is 12.1. The Labute approximate surface area is 183 Å². The zero-order chi connectivity index (χ0) is 23.1. The molecule has 2 N–H and O–H groups in total. The van der Waals surface area contributed by atoms with E-state index in [1.54, 1.807) is 0 Å². The van der Waals surface area contributed by atoms with Crippen molar-refractivity contribution in [1.29, 1.82) is 0 Å². The molecule has 4 fully saturated rings. The van der Waals surface area contributed by atoms with Crippen LogP contribution in [0.3, 0.4) is 0 Å². The Bertz CT molecular complexity index is 811. The summed E-state index contributed by atoms with van der Waals surface area (Å²) < 4.78 is 11.2. The normalized spacial score (nSPS) is 41.1. The average molecular weight is 435 g/mol. The van der Waals surface area contributed by atoms with Gasteiger partial charge in [-0.15, -0.1) is 0 Å². The van der Waals surface area contributed by atoms with Gasteiger partial charge in [0, 0.05) is 23.9 Å². The smallest absolute Gasteiger partial charge is 0.313 e. The fourth-order valence-electron chi connectivity index (χ4n) is 6.27. The first kappa shape index (κ1) is 22.1. The van der Waals surface area contributed by atoms with Gasteiger partial charge in [0.2, 0.25) is 0 Å². The molecule has 0 aromatic carbocycles. The molecule has 0 aromatic rings. The number of carbonyl (C=O) groups is 4. The molecule has 2 aliphatic heterocycles. The number of ether oxygens (including phenoxy) is 2. The molecule has 2 amide bonds. The van der Waals surface area contributed by atoms with Crippen LogP contribution in [0.1, 0.15) is 73.6 Å². The number of hydrogen-bond donors (Lipinski definition) is 2. The highest BCUT2D eigenvalue weighted by atomic mass is 16.6. The van der Waals surface area contributed by atoms with Gasteiger partial charge in [0.05, 0.1) is 10.8 Å². The molecular formula is C23H34N2O6. The lowest BCUT2D eigenvalue weighted by atomic mass is 9.66. The third-order valence-electron chi connectivity index (χ3n) is 9.83. The van der Waals surface area contributed by atoms with Gasteiger partial charge in [-0.3, -0.25) is 19.2 Å². The van der Waals surface area contributed by atoms with Crippen LogP contribution in [0.5, 0.6) is 0 Å². The van der Waals surface area contributed by atoms with Crippen molar-refractivity contribution in [2.75, 3.05) is 13.1 Å². The Kier molecular flexibility index (Phi) is 4.44. The summed E-state index contributed by atoms with van der Waals surface area (Å²) in [5.41, 5.74) is -4.70. The second-order valence-corrected chi connectivity index (χ2v) is 11.2. The maximum atomic E-state index is 13.0. The van der Waals surface area contributed by atoms with Crippen molar-refractivity contribution in [2.45, 2.75) is 84.8 Å². The lowest BCUT2D eigenvalue weighted by Crippen LogP contribution is -2.54. The first-order chi connectivity index (χ1) is 14.2. The predicted molar refractivity (Wildman–Crippen MR) is 111 cm³/mol. The largest absolute Gasteiger partial charge is 0.448 e. The molecule has 8 nitrogen and oxygen atoms in total. The number of carbonyl (C=O) groups excluding carboxylic acids is 4. The summed E-state index contributed by atoms with van der Waals surface area (Å²) >= 11 is 0. The topological polar surface area (TPSA) is 111 Å². The van der Waals surface area contributed by atoms with Gasteiger partial charge in [-0.2, -0.15) is 0 Å². The van der Waals surface area contributed by atoms with E-state index in [-0.39, 0.29) is 23.8 Å². The van der Waals surface area contributed by atoms with Crippen LogP contribution < -0.4 is 10.6 Å². The summed E-state index contributed by atoms with van der Waals surface area (Å²) in [6, 6.07) is 0. The highest BCUT2D eigenvalue weighted by molar-refractivity contribution is 5.97. The standard InChI is InChI=1S/C23H34N2O6/c1-18(2)20(5)8-10-22(18,30-16(20)28)14(26)24-12-7-13-25-15(27)23-11-9-21(6,17(29)31-23)19(23,3)4/h7-13H2,1-6H3,(H,24,26)(H,25,27)/t20-,21-,22-,23-/m1/s1. The minimum Gasteiger partial charge on any atom is -0.448 e. The van der Waals surface area contributed by atoms with Crippen LogP contribution in [-0.4, -0.2) is 48.0 Å². The van der Waals surface area contributed by atoms with E-state index in [0.29, 0.717) is 45.2 Å². The maximum absolute atomic E-state index is 13.0.